The fourth-order valence-corrected chi connectivity index (χ4v) is 5.72. The van der Waals surface area contributed by atoms with Gasteiger partial charge in [0.2, 0.25) is 0 Å². The van der Waals surface area contributed by atoms with Gasteiger partial charge in [0.15, 0.2) is 5.69 Å². The Morgan fingerprint density at radius 3 is 2.50 bits per heavy atom. The first-order valence-corrected chi connectivity index (χ1v) is 12.8. The van der Waals surface area contributed by atoms with Gasteiger partial charge in [0.25, 0.3) is 5.91 Å². The fourth-order valence-electron chi connectivity index (χ4n) is 4.69. The number of nitrogens with one attached hydrogen (secondary N) is 2. The van der Waals surface area contributed by atoms with Crippen LogP contribution in [0.15, 0.2) is 48.5 Å². The summed E-state index contributed by atoms with van der Waals surface area (Å²) < 4.78 is 0. The molecule has 1 aliphatic carbocycles. The van der Waals surface area contributed by atoms with Crippen LogP contribution in [0.3, 0.4) is 0 Å². The zero-order chi connectivity index (χ0) is 23.7. The molecule has 2 aromatic heterocycles. The van der Waals surface area contributed by atoms with E-state index in [4.69, 9.17) is 4.98 Å². The molecule has 4 aromatic rings. The van der Waals surface area contributed by atoms with Gasteiger partial charge in [0, 0.05) is 11.6 Å². The van der Waals surface area contributed by atoms with Gasteiger partial charge in [-0.15, -0.1) is 11.3 Å². The minimum Gasteiger partial charge on any atom is -0.348 e. The number of aryl methyl sites for hydroxylation is 2. The standard InChI is InChI=1S/C28H30N4OS/c1-17-8-7-11-23(18(17)2)20-12-14-21(15-13-20)28-29-19(3)26(34-28)24-16-25(32-31-24)27(33)30-22-9-5-4-6-10-22/h7-8,11-16,22H,4-6,9-10H2,1-3H3,(H,30,33)(H,31,32). The molecule has 2 aromatic carbocycles. The van der Waals surface area contributed by atoms with Crippen LogP contribution in [-0.2, 0) is 0 Å². The molecular weight excluding hydrogens is 440 g/mol. The van der Waals surface area contributed by atoms with E-state index in [-0.39, 0.29) is 11.9 Å². The van der Waals surface area contributed by atoms with Gasteiger partial charge in [-0.25, -0.2) is 4.98 Å². The van der Waals surface area contributed by atoms with E-state index in [1.54, 1.807) is 11.3 Å². The number of hydrogen-bond acceptors (Lipinski definition) is 4. The summed E-state index contributed by atoms with van der Waals surface area (Å²) in [6.07, 6.45) is 5.75. The van der Waals surface area contributed by atoms with Gasteiger partial charge >= 0.3 is 0 Å². The zero-order valence-corrected chi connectivity index (χ0v) is 20.8. The van der Waals surface area contributed by atoms with Crippen molar-refractivity contribution in [3.63, 3.8) is 0 Å². The number of thiazole rings is 1. The number of rotatable bonds is 5. The minimum atomic E-state index is -0.0983. The lowest BCUT2D eigenvalue weighted by atomic mass is 9.95. The van der Waals surface area contributed by atoms with Crippen LogP contribution in [-0.4, -0.2) is 27.1 Å². The van der Waals surface area contributed by atoms with Crippen LogP contribution in [0.25, 0.3) is 32.3 Å². The van der Waals surface area contributed by atoms with Crippen LogP contribution in [0, 0.1) is 20.8 Å². The first-order chi connectivity index (χ1) is 16.5. The molecule has 5 rings (SSSR count). The Balaban J connectivity index is 1.34. The highest BCUT2D eigenvalue weighted by Gasteiger charge is 2.20. The molecule has 1 saturated carbocycles. The third-order valence-corrected chi connectivity index (χ3v) is 8.08. The van der Waals surface area contributed by atoms with Crippen LogP contribution < -0.4 is 5.32 Å². The lowest BCUT2D eigenvalue weighted by Crippen LogP contribution is -2.36. The molecule has 2 N–H and O–H groups in total. The molecule has 1 fully saturated rings. The molecule has 34 heavy (non-hydrogen) atoms. The maximum absolute atomic E-state index is 12.7. The average molecular weight is 471 g/mol. The number of amides is 1. The molecule has 6 heteroatoms. The van der Waals surface area contributed by atoms with Gasteiger partial charge in [-0.05, 0) is 61.9 Å². The SMILES string of the molecule is Cc1cccc(-c2ccc(-c3nc(C)c(-c4cc(C(=O)NC5CCCCC5)n[nH]4)s3)cc2)c1C. The number of carbonyl (C=O) groups is 1. The van der Waals surface area contributed by atoms with E-state index in [0.29, 0.717) is 5.69 Å². The second-order valence-electron chi connectivity index (χ2n) is 9.23. The number of hydrogen-bond donors (Lipinski definition) is 2. The van der Waals surface area contributed by atoms with Crippen molar-refractivity contribution >= 4 is 17.2 Å². The van der Waals surface area contributed by atoms with Crippen molar-refractivity contribution in [2.45, 2.75) is 58.9 Å². The maximum atomic E-state index is 12.7. The lowest BCUT2D eigenvalue weighted by molar-refractivity contribution is 0.0922. The predicted octanol–water partition coefficient (Wildman–Crippen LogP) is 6.85. The van der Waals surface area contributed by atoms with Crippen molar-refractivity contribution in [2.24, 2.45) is 0 Å². The Labute approximate surface area is 204 Å². The largest absolute Gasteiger partial charge is 0.348 e. The van der Waals surface area contributed by atoms with E-state index in [1.807, 2.05) is 13.0 Å². The zero-order valence-electron chi connectivity index (χ0n) is 19.9. The summed E-state index contributed by atoms with van der Waals surface area (Å²) in [7, 11) is 0. The van der Waals surface area contributed by atoms with Crippen molar-refractivity contribution in [1.82, 2.24) is 20.5 Å². The van der Waals surface area contributed by atoms with Gasteiger partial charge in [0.05, 0.1) is 16.3 Å². The Morgan fingerprint density at radius 2 is 1.74 bits per heavy atom. The molecule has 0 radical (unpaired) electrons. The van der Waals surface area contributed by atoms with E-state index in [0.717, 1.165) is 39.7 Å². The van der Waals surface area contributed by atoms with Gasteiger partial charge in [0.1, 0.15) is 5.01 Å². The normalized spacial score (nSPS) is 14.3. The average Bonchev–Trinajstić information content (AvgIpc) is 3.49. The van der Waals surface area contributed by atoms with Crippen molar-refractivity contribution < 1.29 is 4.79 Å². The molecule has 5 nitrogen and oxygen atoms in total. The molecule has 0 aliphatic heterocycles. The van der Waals surface area contributed by atoms with E-state index < -0.39 is 0 Å². The highest BCUT2D eigenvalue weighted by atomic mass is 32.1. The summed E-state index contributed by atoms with van der Waals surface area (Å²) in [4.78, 5) is 18.5. The van der Waals surface area contributed by atoms with E-state index in [9.17, 15) is 4.79 Å². The summed E-state index contributed by atoms with van der Waals surface area (Å²) in [6, 6.07) is 17.1. The predicted molar refractivity (Wildman–Crippen MR) is 139 cm³/mol. The number of carbonyl (C=O) groups excluding carboxylic acids is 1. The summed E-state index contributed by atoms with van der Waals surface area (Å²) in [5.41, 5.74) is 8.37. The van der Waals surface area contributed by atoms with Crippen molar-refractivity contribution in [3.05, 3.63) is 71.0 Å². The topological polar surface area (TPSA) is 70.7 Å². The summed E-state index contributed by atoms with van der Waals surface area (Å²) >= 11 is 1.62. The fraction of sp³-hybridized carbons (Fsp3) is 0.321. The van der Waals surface area contributed by atoms with Crippen LogP contribution in [0.1, 0.15) is 59.4 Å². The first kappa shape index (κ1) is 22.5. The Kier molecular flexibility index (Phi) is 6.33. The number of aromatic nitrogens is 3. The molecule has 0 unspecified atom stereocenters. The van der Waals surface area contributed by atoms with Crippen LogP contribution >= 0.6 is 11.3 Å². The lowest BCUT2D eigenvalue weighted by Gasteiger charge is -2.22. The quantitative estimate of drug-likeness (QED) is 0.335. The Bertz CT molecular complexity index is 1310. The summed E-state index contributed by atoms with van der Waals surface area (Å²) in [5, 5.41) is 11.4. The third kappa shape index (κ3) is 4.55. The second-order valence-corrected chi connectivity index (χ2v) is 10.2. The van der Waals surface area contributed by atoms with Crippen molar-refractivity contribution in [1.29, 1.82) is 0 Å². The van der Waals surface area contributed by atoms with E-state index in [2.05, 4.69) is 71.8 Å². The number of nitrogens with zero attached hydrogens (tertiary/aromatic N) is 2. The molecule has 174 valence electrons. The van der Waals surface area contributed by atoms with Gasteiger partial charge in [-0.1, -0.05) is 61.7 Å². The molecular formula is C28H30N4OS. The molecule has 0 saturated heterocycles. The highest BCUT2D eigenvalue weighted by Crippen LogP contribution is 2.36. The Morgan fingerprint density at radius 1 is 1.00 bits per heavy atom. The van der Waals surface area contributed by atoms with Crippen molar-refractivity contribution in [3.8, 4) is 32.3 Å². The molecule has 1 amide bonds. The van der Waals surface area contributed by atoms with Crippen LogP contribution in [0.4, 0.5) is 0 Å². The number of aromatic amines is 1. The molecule has 1 aliphatic rings. The van der Waals surface area contributed by atoms with E-state index in [1.165, 1.54) is 41.5 Å². The highest BCUT2D eigenvalue weighted by molar-refractivity contribution is 7.18. The summed E-state index contributed by atoms with van der Waals surface area (Å²) in [6.45, 7) is 6.32. The monoisotopic (exact) mass is 470 g/mol. The minimum absolute atomic E-state index is 0.0983. The number of benzene rings is 2. The van der Waals surface area contributed by atoms with Crippen molar-refractivity contribution in [2.75, 3.05) is 0 Å². The molecule has 0 bridgehead atoms. The number of H-pyrrole nitrogens is 1. The second kappa shape index (κ2) is 9.55. The van der Waals surface area contributed by atoms with Crippen LogP contribution in [0.5, 0.6) is 0 Å². The van der Waals surface area contributed by atoms with E-state index >= 15 is 0 Å². The van der Waals surface area contributed by atoms with Gasteiger partial charge in [-0.2, -0.15) is 5.10 Å². The third-order valence-electron chi connectivity index (χ3n) is 6.84. The molecule has 0 spiro atoms. The Hall–Kier alpha value is -3.25. The smallest absolute Gasteiger partial charge is 0.272 e. The molecule has 2 heterocycles. The maximum Gasteiger partial charge on any atom is 0.272 e. The van der Waals surface area contributed by atoms with Gasteiger partial charge in [-0.3, -0.25) is 9.89 Å². The summed E-state index contributed by atoms with van der Waals surface area (Å²) in [5.74, 6) is -0.0983. The van der Waals surface area contributed by atoms with Crippen LogP contribution in [0.2, 0.25) is 0 Å². The molecule has 0 atom stereocenters. The van der Waals surface area contributed by atoms with Gasteiger partial charge < -0.3 is 5.32 Å². The first-order valence-electron chi connectivity index (χ1n) is 12.0.